The number of hydrogen-bond donors (Lipinski definition) is 2. The molecule has 3 N–H and O–H groups in total. The molecule has 3 nitrogen and oxygen atoms in total. The number of methoxy groups -OCH3 is 1. The Balaban J connectivity index is 2.94. The van der Waals surface area contributed by atoms with Gasteiger partial charge in [-0.05, 0) is 32.0 Å². The van der Waals surface area contributed by atoms with E-state index >= 15 is 0 Å². The molecule has 0 amide bonds. The van der Waals surface area contributed by atoms with Crippen LogP contribution in [0, 0.1) is 5.82 Å². The summed E-state index contributed by atoms with van der Waals surface area (Å²) in [7, 11) is 1.61. The van der Waals surface area contributed by atoms with Crippen molar-refractivity contribution in [3.63, 3.8) is 0 Å². The maximum absolute atomic E-state index is 13.2. The summed E-state index contributed by atoms with van der Waals surface area (Å²) >= 11 is 5.79. The first-order chi connectivity index (χ1) is 7.91. The maximum atomic E-state index is 13.2. The van der Waals surface area contributed by atoms with Gasteiger partial charge in [-0.2, -0.15) is 0 Å². The largest absolute Gasteiger partial charge is 0.379 e. The van der Waals surface area contributed by atoms with E-state index in [4.69, 9.17) is 22.1 Å². The van der Waals surface area contributed by atoms with Crippen molar-refractivity contribution < 1.29 is 9.13 Å². The average molecular weight is 261 g/mol. The molecule has 0 radical (unpaired) electrons. The second-order valence-corrected chi connectivity index (χ2v) is 4.72. The molecule has 1 rings (SSSR count). The fourth-order valence-corrected chi connectivity index (χ4v) is 1.76. The van der Waals surface area contributed by atoms with E-state index < -0.39 is 5.54 Å². The summed E-state index contributed by atoms with van der Waals surface area (Å²) < 4.78 is 18.5. The van der Waals surface area contributed by atoms with E-state index in [9.17, 15) is 4.39 Å². The molecule has 0 aromatic heterocycles. The third kappa shape index (κ3) is 3.56. The highest BCUT2D eigenvalue weighted by Gasteiger charge is 2.29. The molecule has 17 heavy (non-hydrogen) atoms. The zero-order valence-electron chi connectivity index (χ0n) is 10.3. The molecule has 0 spiro atoms. The summed E-state index contributed by atoms with van der Waals surface area (Å²) in [5, 5.41) is 3.51. The number of nitrogens with one attached hydrogen (secondary N) is 1. The van der Waals surface area contributed by atoms with Crippen molar-refractivity contribution in [2.75, 3.05) is 19.0 Å². The molecule has 0 bridgehead atoms. The first-order valence-electron chi connectivity index (χ1n) is 5.38. The highest BCUT2D eigenvalue weighted by Crippen LogP contribution is 2.23. The van der Waals surface area contributed by atoms with Crippen LogP contribution in [-0.4, -0.2) is 25.3 Å². The molecule has 1 aromatic rings. The molecule has 0 aliphatic rings. The Bertz CT molecular complexity index is 369. The molecule has 0 saturated carbocycles. The van der Waals surface area contributed by atoms with E-state index in [0.717, 1.165) is 0 Å². The van der Waals surface area contributed by atoms with E-state index in [1.807, 2.05) is 13.8 Å². The lowest BCUT2D eigenvalue weighted by atomic mass is 9.95. The second-order valence-electron chi connectivity index (χ2n) is 4.28. The van der Waals surface area contributed by atoms with Gasteiger partial charge >= 0.3 is 0 Å². The van der Waals surface area contributed by atoms with Crippen molar-refractivity contribution in [3.05, 3.63) is 29.0 Å². The zero-order chi connectivity index (χ0) is 13.1. The van der Waals surface area contributed by atoms with Crippen LogP contribution < -0.4 is 11.1 Å². The van der Waals surface area contributed by atoms with Gasteiger partial charge in [0, 0.05) is 24.4 Å². The third-order valence-electron chi connectivity index (χ3n) is 2.97. The first kappa shape index (κ1) is 14.2. The Morgan fingerprint density at radius 3 is 2.65 bits per heavy atom. The van der Waals surface area contributed by atoms with Crippen molar-refractivity contribution in [1.29, 1.82) is 0 Å². The lowest BCUT2D eigenvalue weighted by Crippen LogP contribution is -2.51. The minimum absolute atomic E-state index is 0.116. The highest BCUT2D eigenvalue weighted by molar-refractivity contribution is 6.30. The van der Waals surface area contributed by atoms with Crippen LogP contribution in [0.25, 0.3) is 0 Å². The molecule has 5 heteroatoms. The number of nitrogens with two attached hydrogens (primary N) is 1. The third-order valence-corrected chi connectivity index (χ3v) is 3.19. The molecular formula is C12H18ClFN2O. The number of halogens is 2. The minimum atomic E-state index is -0.480. The van der Waals surface area contributed by atoms with Crippen LogP contribution in [0.5, 0.6) is 0 Å². The van der Waals surface area contributed by atoms with E-state index in [1.54, 1.807) is 13.2 Å². The van der Waals surface area contributed by atoms with Gasteiger partial charge in [0.2, 0.25) is 0 Å². The van der Waals surface area contributed by atoms with Crippen LogP contribution in [0.2, 0.25) is 5.02 Å². The van der Waals surface area contributed by atoms with Crippen LogP contribution in [0.1, 0.15) is 13.8 Å². The fraction of sp³-hybridized carbons (Fsp3) is 0.500. The fourth-order valence-electron chi connectivity index (χ4n) is 1.53. The zero-order valence-corrected chi connectivity index (χ0v) is 11.0. The monoisotopic (exact) mass is 260 g/mol. The van der Waals surface area contributed by atoms with E-state index in [0.29, 0.717) is 17.3 Å². The topological polar surface area (TPSA) is 47.3 Å². The van der Waals surface area contributed by atoms with Crippen molar-refractivity contribution in [2.45, 2.75) is 25.5 Å². The number of benzene rings is 1. The predicted octanol–water partition coefficient (Wildman–Crippen LogP) is 2.64. The van der Waals surface area contributed by atoms with Gasteiger partial charge in [-0.1, -0.05) is 11.6 Å². The number of hydrogen-bond acceptors (Lipinski definition) is 3. The Labute approximate surface area is 106 Å². The van der Waals surface area contributed by atoms with Crippen LogP contribution in [-0.2, 0) is 4.74 Å². The molecule has 0 aliphatic carbocycles. The maximum Gasteiger partial charge on any atom is 0.126 e. The normalized spacial score (nSPS) is 16.4. The van der Waals surface area contributed by atoms with Crippen molar-refractivity contribution in [2.24, 2.45) is 5.73 Å². The quantitative estimate of drug-likeness (QED) is 0.856. The van der Waals surface area contributed by atoms with Gasteiger partial charge in [0.05, 0.1) is 11.6 Å². The van der Waals surface area contributed by atoms with Gasteiger partial charge in [-0.3, -0.25) is 0 Å². The second kappa shape index (κ2) is 5.67. The average Bonchev–Trinajstić information content (AvgIpc) is 2.26. The van der Waals surface area contributed by atoms with Crippen LogP contribution in [0.3, 0.4) is 0 Å². The van der Waals surface area contributed by atoms with Crippen molar-refractivity contribution >= 4 is 17.3 Å². The van der Waals surface area contributed by atoms with Crippen molar-refractivity contribution in [1.82, 2.24) is 0 Å². The van der Waals surface area contributed by atoms with Gasteiger partial charge in [0.15, 0.2) is 0 Å². The molecule has 2 unspecified atom stereocenters. The number of anilines is 1. The van der Waals surface area contributed by atoms with Crippen LogP contribution >= 0.6 is 11.6 Å². The lowest BCUT2D eigenvalue weighted by Gasteiger charge is -2.35. The Morgan fingerprint density at radius 1 is 1.53 bits per heavy atom. The van der Waals surface area contributed by atoms with Gasteiger partial charge < -0.3 is 15.8 Å². The molecule has 96 valence electrons. The highest BCUT2D eigenvalue weighted by atomic mass is 35.5. The van der Waals surface area contributed by atoms with E-state index in [2.05, 4.69) is 5.32 Å². The molecule has 2 atom stereocenters. The molecule has 0 aliphatic heterocycles. The number of rotatable bonds is 5. The van der Waals surface area contributed by atoms with Gasteiger partial charge in [0.1, 0.15) is 5.82 Å². The summed E-state index contributed by atoms with van der Waals surface area (Å²) in [6.07, 6.45) is -0.116. The van der Waals surface area contributed by atoms with Crippen LogP contribution in [0.4, 0.5) is 10.1 Å². The standard InChI is InChI=1S/C12H18ClFN2O/c1-8(17-3)12(2,7-15)16-11-5-9(13)4-10(14)6-11/h4-6,8,16H,7,15H2,1-3H3. The number of ether oxygens (including phenoxy) is 1. The van der Waals surface area contributed by atoms with Gasteiger partial charge in [0.25, 0.3) is 0 Å². The Morgan fingerprint density at radius 2 is 2.18 bits per heavy atom. The SMILES string of the molecule is COC(C)C(C)(CN)Nc1cc(F)cc(Cl)c1. The molecule has 1 aromatic carbocycles. The first-order valence-corrected chi connectivity index (χ1v) is 5.76. The van der Waals surface area contributed by atoms with Gasteiger partial charge in [-0.15, -0.1) is 0 Å². The minimum Gasteiger partial charge on any atom is -0.379 e. The molecule has 0 heterocycles. The van der Waals surface area contributed by atoms with E-state index in [-0.39, 0.29) is 11.9 Å². The molecular weight excluding hydrogens is 243 g/mol. The molecule has 0 saturated heterocycles. The van der Waals surface area contributed by atoms with Crippen LogP contribution in [0.15, 0.2) is 18.2 Å². The summed E-state index contributed by atoms with van der Waals surface area (Å²) in [5.74, 6) is -0.385. The van der Waals surface area contributed by atoms with Crippen molar-refractivity contribution in [3.8, 4) is 0 Å². The Kier molecular flexibility index (Phi) is 4.74. The summed E-state index contributed by atoms with van der Waals surface area (Å²) in [6.45, 7) is 4.18. The lowest BCUT2D eigenvalue weighted by molar-refractivity contribution is 0.0688. The molecule has 0 fully saturated rings. The summed E-state index contributed by atoms with van der Waals surface area (Å²) in [5.41, 5.74) is 5.85. The Hall–Kier alpha value is -0.840. The predicted molar refractivity (Wildman–Crippen MR) is 69.0 cm³/mol. The summed E-state index contributed by atoms with van der Waals surface area (Å²) in [4.78, 5) is 0. The van der Waals surface area contributed by atoms with E-state index in [1.165, 1.54) is 12.1 Å². The smallest absolute Gasteiger partial charge is 0.126 e. The summed E-state index contributed by atoms with van der Waals surface area (Å²) in [6, 6.07) is 4.29. The van der Waals surface area contributed by atoms with Gasteiger partial charge in [-0.25, -0.2) is 4.39 Å².